The average molecular weight is 189 g/mol. The van der Waals surface area contributed by atoms with Crippen LogP contribution < -0.4 is 16.6 Å². The van der Waals surface area contributed by atoms with Crippen LogP contribution in [0.3, 0.4) is 0 Å². The van der Waals surface area contributed by atoms with Gasteiger partial charge in [0.15, 0.2) is 0 Å². The molecule has 8 heteroatoms. The molecule has 12 heavy (non-hydrogen) atoms. The van der Waals surface area contributed by atoms with E-state index >= 15 is 0 Å². The first-order chi connectivity index (χ1) is 5.40. The number of alkyl halides is 4. The fourth-order valence-electron chi connectivity index (χ4n) is 0.326. The minimum absolute atomic E-state index is 1.14. The van der Waals surface area contributed by atoms with Crippen LogP contribution in [0, 0.1) is 0 Å². The van der Waals surface area contributed by atoms with Crippen LogP contribution in [0.5, 0.6) is 0 Å². The van der Waals surface area contributed by atoms with Gasteiger partial charge in [-0.1, -0.05) is 0 Å². The number of nitrogens with two attached hydrogens (primary N) is 1. The third kappa shape index (κ3) is 3.37. The molecule has 4 nitrogen and oxygen atoms in total. The second-order valence-electron chi connectivity index (χ2n) is 1.89. The highest BCUT2D eigenvalue weighted by molar-refractivity contribution is 5.73. The summed E-state index contributed by atoms with van der Waals surface area (Å²) in [5.41, 5.74) is 1.45. The lowest BCUT2D eigenvalue weighted by Gasteiger charge is -2.15. The number of hydrazine groups is 1. The first-order valence-corrected chi connectivity index (χ1v) is 2.80. The van der Waals surface area contributed by atoms with Crippen molar-refractivity contribution < 1.29 is 22.4 Å². The van der Waals surface area contributed by atoms with Gasteiger partial charge in [0.1, 0.15) is 0 Å². The van der Waals surface area contributed by atoms with Gasteiger partial charge in [0.2, 0.25) is 0 Å². The zero-order chi connectivity index (χ0) is 9.78. The first-order valence-electron chi connectivity index (χ1n) is 2.80. The molecule has 0 aliphatic heterocycles. The third-order valence-electron chi connectivity index (χ3n) is 0.935. The Morgan fingerprint density at radius 2 is 2.00 bits per heavy atom. The molecule has 2 amide bonds. The number of amides is 2. The Balaban J connectivity index is 3.83. The van der Waals surface area contributed by atoms with E-state index in [-0.39, 0.29) is 0 Å². The summed E-state index contributed by atoms with van der Waals surface area (Å²) < 4.78 is 46.8. The van der Waals surface area contributed by atoms with E-state index in [1.807, 2.05) is 0 Å². The van der Waals surface area contributed by atoms with Gasteiger partial charge in [-0.3, -0.25) is 5.43 Å². The van der Waals surface area contributed by atoms with Gasteiger partial charge in [-0.05, 0) is 0 Å². The molecule has 0 spiro atoms. The van der Waals surface area contributed by atoms with Gasteiger partial charge in [-0.15, -0.1) is 0 Å². The Hall–Kier alpha value is -1.05. The number of hydrogen-bond donors (Lipinski definition) is 3. The van der Waals surface area contributed by atoms with Gasteiger partial charge >= 0.3 is 18.4 Å². The number of urea groups is 1. The van der Waals surface area contributed by atoms with Crippen LogP contribution in [0.15, 0.2) is 0 Å². The summed E-state index contributed by atoms with van der Waals surface area (Å²) in [6.07, 6.45) is -3.81. The van der Waals surface area contributed by atoms with Crippen molar-refractivity contribution in [3.05, 3.63) is 0 Å². The summed E-state index contributed by atoms with van der Waals surface area (Å²) in [4.78, 5) is 10.2. The van der Waals surface area contributed by atoms with Crippen molar-refractivity contribution in [3.8, 4) is 0 Å². The Kier molecular flexibility index (Phi) is 3.74. The predicted molar refractivity (Wildman–Crippen MR) is 31.7 cm³/mol. The fourth-order valence-corrected chi connectivity index (χ4v) is 0.326. The van der Waals surface area contributed by atoms with Crippen molar-refractivity contribution in [1.82, 2.24) is 10.7 Å². The smallest absolute Gasteiger partial charge is 0.329 e. The van der Waals surface area contributed by atoms with E-state index in [4.69, 9.17) is 0 Å². The molecule has 0 aromatic heterocycles. The molecule has 0 heterocycles. The van der Waals surface area contributed by atoms with E-state index < -0.39 is 24.9 Å². The molecular formula is C4H7F4N3O. The van der Waals surface area contributed by atoms with Crippen LogP contribution in [0.4, 0.5) is 22.4 Å². The predicted octanol–water partition coefficient (Wildman–Crippen LogP) is 0.0597. The standard InChI is InChI=1S/C4H7F4N3O/c5-2(6)4(7,8)1-10-3(12)11-9/h2H,1,9H2,(H2,10,11,12). The lowest BCUT2D eigenvalue weighted by Crippen LogP contribution is -2.47. The van der Waals surface area contributed by atoms with E-state index in [1.165, 1.54) is 10.7 Å². The quantitative estimate of drug-likeness (QED) is 0.254. The summed E-state index contributed by atoms with van der Waals surface area (Å²) >= 11 is 0. The molecule has 0 saturated heterocycles. The molecule has 0 atom stereocenters. The van der Waals surface area contributed by atoms with Crippen LogP contribution in [-0.2, 0) is 0 Å². The summed E-state index contributed by atoms with van der Waals surface area (Å²) in [7, 11) is 0. The zero-order valence-corrected chi connectivity index (χ0v) is 5.78. The summed E-state index contributed by atoms with van der Waals surface area (Å²) in [6, 6.07) is -1.14. The van der Waals surface area contributed by atoms with Crippen molar-refractivity contribution in [2.24, 2.45) is 5.84 Å². The maximum absolute atomic E-state index is 12.0. The van der Waals surface area contributed by atoms with Gasteiger partial charge in [0.05, 0.1) is 6.54 Å². The number of halogens is 4. The molecule has 0 bridgehead atoms. The van der Waals surface area contributed by atoms with E-state index in [0.717, 1.165) is 0 Å². The second kappa shape index (κ2) is 4.10. The van der Waals surface area contributed by atoms with Gasteiger partial charge < -0.3 is 5.32 Å². The molecule has 0 saturated carbocycles. The fraction of sp³-hybridized carbons (Fsp3) is 0.750. The first kappa shape index (κ1) is 11.0. The van der Waals surface area contributed by atoms with Crippen molar-refractivity contribution in [2.45, 2.75) is 12.3 Å². The van der Waals surface area contributed by atoms with Crippen LogP contribution in [0.2, 0.25) is 0 Å². The minimum atomic E-state index is -4.23. The lowest BCUT2D eigenvalue weighted by molar-refractivity contribution is -0.123. The third-order valence-corrected chi connectivity index (χ3v) is 0.935. The van der Waals surface area contributed by atoms with Gasteiger partial charge in [-0.2, -0.15) is 8.78 Å². The number of nitrogens with one attached hydrogen (secondary N) is 2. The van der Waals surface area contributed by atoms with Crippen molar-refractivity contribution >= 4 is 6.03 Å². The normalized spacial score (nSPS) is 11.5. The van der Waals surface area contributed by atoms with Crippen LogP contribution in [-0.4, -0.2) is 24.9 Å². The van der Waals surface area contributed by atoms with E-state index in [0.29, 0.717) is 0 Å². The Morgan fingerprint density at radius 3 is 2.33 bits per heavy atom. The van der Waals surface area contributed by atoms with Gasteiger partial charge in [0, 0.05) is 0 Å². The number of rotatable bonds is 3. The summed E-state index contributed by atoms with van der Waals surface area (Å²) in [6.45, 7) is -1.45. The molecule has 0 fully saturated rings. The molecule has 0 radical (unpaired) electrons. The maximum atomic E-state index is 12.0. The van der Waals surface area contributed by atoms with Crippen LogP contribution in [0.25, 0.3) is 0 Å². The lowest BCUT2D eigenvalue weighted by atomic mass is 10.3. The minimum Gasteiger partial charge on any atom is -0.331 e. The van der Waals surface area contributed by atoms with Crippen LogP contribution in [0.1, 0.15) is 0 Å². The molecule has 4 N–H and O–H groups in total. The van der Waals surface area contributed by atoms with E-state index in [1.54, 1.807) is 0 Å². The Morgan fingerprint density at radius 1 is 1.50 bits per heavy atom. The summed E-state index contributed by atoms with van der Waals surface area (Å²) in [5, 5.41) is 1.45. The second-order valence-corrected chi connectivity index (χ2v) is 1.89. The Bertz CT molecular complexity index is 162. The molecule has 72 valence electrons. The average Bonchev–Trinajstić information content (AvgIpc) is 2.00. The topological polar surface area (TPSA) is 67.1 Å². The highest BCUT2D eigenvalue weighted by Crippen LogP contribution is 2.21. The van der Waals surface area contributed by atoms with E-state index in [9.17, 15) is 22.4 Å². The molecular weight excluding hydrogens is 182 g/mol. The van der Waals surface area contributed by atoms with Crippen LogP contribution >= 0.6 is 0 Å². The largest absolute Gasteiger partial charge is 0.331 e. The Labute approximate surface area is 65.1 Å². The van der Waals surface area contributed by atoms with Gasteiger partial charge in [0.25, 0.3) is 0 Å². The van der Waals surface area contributed by atoms with Crippen molar-refractivity contribution in [2.75, 3.05) is 6.54 Å². The maximum Gasteiger partial charge on any atom is 0.329 e. The van der Waals surface area contributed by atoms with Gasteiger partial charge in [-0.25, -0.2) is 19.4 Å². The zero-order valence-electron chi connectivity index (χ0n) is 5.78. The number of hydrogen-bond acceptors (Lipinski definition) is 2. The summed E-state index contributed by atoms with van der Waals surface area (Å²) in [5.74, 6) is 0.253. The molecule has 0 aliphatic rings. The molecule has 0 aliphatic carbocycles. The highest BCUT2D eigenvalue weighted by Gasteiger charge is 2.40. The molecule has 0 rings (SSSR count). The SMILES string of the molecule is NNC(=O)NCC(F)(F)C(F)F. The van der Waals surface area contributed by atoms with E-state index in [2.05, 4.69) is 5.84 Å². The molecule has 0 aromatic rings. The monoisotopic (exact) mass is 189 g/mol. The van der Waals surface area contributed by atoms with Crippen molar-refractivity contribution in [3.63, 3.8) is 0 Å². The molecule has 0 unspecified atom stereocenters. The highest BCUT2D eigenvalue weighted by atomic mass is 19.3. The van der Waals surface area contributed by atoms with Crippen molar-refractivity contribution in [1.29, 1.82) is 0 Å². The molecule has 0 aromatic carbocycles. The number of carbonyl (C=O) groups is 1. The number of carbonyl (C=O) groups excluding carboxylic acids is 1.